The van der Waals surface area contributed by atoms with Crippen molar-refractivity contribution in [2.45, 2.75) is 25.3 Å². The van der Waals surface area contributed by atoms with Gasteiger partial charge < -0.3 is 10.6 Å². The molecule has 0 bridgehead atoms. The van der Waals surface area contributed by atoms with Gasteiger partial charge in [-0.1, -0.05) is 6.07 Å². The van der Waals surface area contributed by atoms with E-state index in [4.69, 9.17) is 5.26 Å². The van der Waals surface area contributed by atoms with Gasteiger partial charge in [-0.25, -0.2) is 4.98 Å². The van der Waals surface area contributed by atoms with E-state index in [0.29, 0.717) is 11.7 Å². The fraction of sp³-hybridized carbons (Fsp3) is 0.500. The highest BCUT2D eigenvalue weighted by Crippen LogP contribution is 2.09. The predicted octanol–water partition coefficient (Wildman–Crippen LogP) is 1.51. The number of anilines is 1. The molecule has 0 aliphatic carbocycles. The minimum Gasteiger partial charge on any atom is -0.370 e. The summed E-state index contributed by atoms with van der Waals surface area (Å²) in [5.74, 6) is 0.789. The van der Waals surface area contributed by atoms with Crippen LogP contribution in [0.4, 0.5) is 5.82 Å². The van der Waals surface area contributed by atoms with Gasteiger partial charge in [0, 0.05) is 12.6 Å². The Balaban J connectivity index is 1.78. The van der Waals surface area contributed by atoms with Gasteiger partial charge in [0.05, 0.1) is 0 Å². The molecule has 0 amide bonds. The zero-order chi connectivity index (χ0) is 11.2. The van der Waals surface area contributed by atoms with E-state index < -0.39 is 0 Å². The quantitative estimate of drug-likeness (QED) is 0.801. The van der Waals surface area contributed by atoms with Gasteiger partial charge in [-0.05, 0) is 37.9 Å². The normalized spacial score (nSPS) is 19.3. The van der Waals surface area contributed by atoms with Crippen LogP contribution < -0.4 is 10.6 Å². The molecule has 2 N–H and O–H groups in total. The van der Waals surface area contributed by atoms with E-state index in [2.05, 4.69) is 15.6 Å². The van der Waals surface area contributed by atoms with Crippen LogP contribution in [-0.4, -0.2) is 24.1 Å². The summed E-state index contributed by atoms with van der Waals surface area (Å²) < 4.78 is 0. The summed E-state index contributed by atoms with van der Waals surface area (Å²) >= 11 is 0. The Hall–Kier alpha value is -1.60. The first-order valence-corrected chi connectivity index (χ1v) is 5.73. The summed E-state index contributed by atoms with van der Waals surface area (Å²) in [6.45, 7) is 2.05. The molecular weight excluding hydrogens is 200 g/mol. The van der Waals surface area contributed by atoms with Crippen LogP contribution in [0, 0.1) is 11.3 Å². The molecule has 1 fully saturated rings. The van der Waals surface area contributed by atoms with Crippen molar-refractivity contribution in [3.63, 3.8) is 0 Å². The van der Waals surface area contributed by atoms with Crippen molar-refractivity contribution in [2.24, 2.45) is 0 Å². The van der Waals surface area contributed by atoms with Crippen LogP contribution in [-0.2, 0) is 0 Å². The molecule has 84 valence electrons. The van der Waals surface area contributed by atoms with E-state index in [1.165, 1.54) is 12.8 Å². The minimum absolute atomic E-state index is 0.462. The van der Waals surface area contributed by atoms with Crippen molar-refractivity contribution in [3.8, 4) is 6.07 Å². The maximum Gasteiger partial charge on any atom is 0.142 e. The molecule has 1 aromatic heterocycles. The van der Waals surface area contributed by atoms with E-state index in [9.17, 15) is 0 Å². The van der Waals surface area contributed by atoms with Gasteiger partial charge in [-0.15, -0.1) is 0 Å². The van der Waals surface area contributed by atoms with Crippen LogP contribution in [0.5, 0.6) is 0 Å². The standard InChI is InChI=1S/C12H16N4/c13-9-11-3-1-5-12(16-11)15-8-6-10-4-2-7-14-10/h1,3,5,10,14H,2,4,6-8H2,(H,15,16)/t10-/m1/s1. The third-order valence-electron chi connectivity index (χ3n) is 2.82. The third-order valence-corrected chi connectivity index (χ3v) is 2.82. The molecule has 4 heteroatoms. The van der Waals surface area contributed by atoms with Crippen molar-refractivity contribution in [1.82, 2.24) is 10.3 Å². The van der Waals surface area contributed by atoms with Crippen molar-refractivity contribution < 1.29 is 0 Å². The van der Waals surface area contributed by atoms with Crippen LogP contribution in [0.15, 0.2) is 18.2 Å². The first kappa shape index (κ1) is 10.9. The third kappa shape index (κ3) is 2.94. The van der Waals surface area contributed by atoms with E-state index in [0.717, 1.165) is 25.3 Å². The number of nitrogens with one attached hydrogen (secondary N) is 2. The Morgan fingerprint density at radius 1 is 1.56 bits per heavy atom. The molecule has 4 nitrogen and oxygen atoms in total. The van der Waals surface area contributed by atoms with Crippen molar-refractivity contribution in [1.29, 1.82) is 5.26 Å². The summed E-state index contributed by atoms with van der Waals surface area (Å²) in [6, 6.07) is 8.13. The van der Waals surface area contributed by atoms with Crippen LogP contribution in [0.1, 0.15) is 25.0 Å². The van der Waals surface area contributed by atoms with Gasteiger partial charge >= 0.3 is 0 Å². The van der Waals surface area contributed by atoms with E-state index in [-0.39, 0.29) is 0 Å². The average Bonchev–Trinajstić information content (AvgIpc) is 2.82. The van der Waals surface area contributed by atoms with Crippen LogP contribution >= 0.6 is 0 Å². The van der Waals surface area contributed by atoms with Gasteiger partial charge in [-0.2, -0.15) is 5.26 Å². The summed E-state index contributed by atoms with van der Waals surface area (Å²) in [5.41, 5.74) is 0.462. The number of hydrogen-bond donors (Lipinski definition) is 2. The van der Waals surface area contributed by atoms with Gasteiger partial charge in [-0.3, -0.25) is 0 Å². The fourth-order valence-electron chi connectivity index (χ4n) is 1.97. The highest BCUT2D eigenvalue weighted by molar-refractivity contribution is 5.38. The zero-order valence-electron chi connectivity index (χ0n) is 9.24. The lowest BCUT2D eigenvalue weighted by atomic mass is 10.1. The van der Waals surface area contributed by atoms with Crippen molar-refractivity contribution in [3.05, 3.63) is 23.9 Å². The van der Waals surface area contributed by atoms with Crippen molar-refractivity contribution in [2.75, 3.05) is 18.4 Å². The number of pyridine rings is 1. The molecule has 1 saturated heterocycles. The molecule has 0 spiro atoms. The second-order valence-electron chi connectivity index (χ2n) is 4.03. The van der Waals surface area contributed by atoms with E-state index in [1.54, 1.807) is 6.07 Å². The molecule has 0 unspecified atom stereocenters. The predicted molar refractivity (Wildman–Crippen MR) is 63.1 cm³/mol. The van der Waals surface area contributed by atoms with E-state index >= 15 is 0 Å². The number of rotatable bonds is 4. The van der Waals surface area contributed by atoms with Crippen LogP contribution in [0.25, 0.3) is 0 Å². The van der Waals surface area contributed by atoms with Gasteiger partial charge in [0.25, 0.3) is 0 Å². The summed E-state index contributed by atoms with van der Waals surface area (Å²) in [4.78, 5) is 4.16. The largest absolute Gasteiger partial charge is 0.370 e. The molecule has 2 rings (SSSR count). The zero-order valence-corrected chi connectivity index (χ0v) is 9.24. The van der Waals surface area contributed by atoms with Gasteiger partial charge in [0.15, 0.2) is 0 Å². The number of hydrogen-bond acceptors (Lipinski definition) is 4. The summed E-state index contributed by atoms with van der Waals surface area (Å²) in [7, 11) is 0. The lowest BCUT2D eigenvalue weighted by Gasteiger charge is -2.10. The number of nitrogens with zero attached hydrogens (tertiary/aromatic N) is 2. The molecule has 0 saturated carbocycles. The first-order valence-electron chi connectivity index (χ1n) is 5.73. The molecule has 1 atom stereocenters. The Kier molecular flexibility index (Phi) is 3.73. The molecule has 0 aromatic carbocycles. The monoisotopic (exact) mass is 216 g/mol. The molecule has 16 heavy (non-hydrogen) atoms. The maximum atomic E-state index is 8.71. The second kappa shape index (κ2) is 5.47. The van der Waals surface area contributed by atoms with Gasteiger partial charge in [0.2, 0.25) is 0 Å². The Labute approximate surface area is 95.7 Å². The minimum atomic E-state index is 0.462. The Morgan fingerprint density at radius 2 is 2.50 bits per heavy atom. The SMILES string of the molecule is N#Cc1cccc(NCC[C@H]2CCCN2)n1. The lowest BCUT2D eigenvalue weighted by molar-refractivity contribution is 0.574. The summed E-state index contributed by atoms with van der Waals surface area (Å²) in [6.07, 6.45) is 3.67. The first-order chi connectivity index (χ1) is 7.88. The molecule has 1 aromatic rings. The molecule has 1 aliphatic heterocycles. The average molecular weight is 216 g/mol. The Morgan fingerprint density at radius 3 is 3.25 bits per heavy atom. The fourth-order valence-corrected chi connectivity index (χ4v) is 1.97. The highest BCUT2D eigenvalue weighted by atomic mass is 15.0. The number of nitriles is 1. The van der Waals surface area contributed by atoms with E-state index in [1.807, 2.05) is 18.2 Å². The number of aromatic nitrogens is 1. The van der Waals surface area contributed by atoms with Crippen LogP contribution in [0.3, 0.4) is 0 Å². The highest BCUT2D eigenvalue weighted by Gasteiger charge is 2.12. The lowest BCUT2D eigenvalue weighted by Crippen LogP contribution is -2.24. The van der Waals surface area contributed by atoms with Gasteiger partial charge in [0.1, 0.15) is 17.6 Å². The molecule has 2 heterocycles. The molecule has 1 aliphatic rings. The smallest absolute Gasteiger partial charge is 0.142 e. The molecular formula is C12H16N4. The Bertz CT molecular complexity index is 377. The van der Waals surface area contributed by atoms with Crippen molar-refractivity contribution >= 4 is 5.82 Å². The molecule has 0 radical (unpaired) electrons. The second-order valence-corrected chi connectivity index (χ2v) is 4.03. The van der Waals surface area contributed by atoms with Crippen LogP contribution in [0.2, 0.25) is 0 Å². The summed E-state index contributed by atoms with van der Waals surface area (Å²) in [5, 5.41) is 15.4. The maximum absolute atomic E-state index is 8.71. The topological polar surface area (TPSA) is 60.7 Å².